The molecule has 1 heterocycles. The standard InChI is InChI=1S/C7H10BrN3O4S2/c1-16(12,13)4-17(14,15)11-7-6(8)2-5(9)3-10-7/h2-3H,4,9H2,1H3,(H,10,11). The number of nitrogens with zero attached hydrogens (tertiary/aromatic N) is 1. The largest absolute Gasteiger partial charge is 0.397 e. The van der Waals surface area contributed by atoms with Crippen molar-refractivity contribution in [2.24, 2.45) is 0 Å². The maximum atomic E-state index is 11.5. The third kappa shape index (κ3) is 4.88. The number of nitrogens with one attached hydrogen (secondary N) is 1. The van der Waals surface area contributed by atoms with Gasteiger partial charge in [0.15, 0.2) is 20.7 Å². The molecule has 0 radical (unpaired) electrons. The van der Waals surface area contributed by atoms with E-state index < -0.39 is 24.9 Å². The normalized spacial score (nSPS) is 12.4. The van der Waals surface area contributed by atoms with Crippen molar-refractivity contribution in [3.63, 3.8) is 0 Å². The molecular weight excluding hydrogens is 334 g/mol. The molecule has 0 fully saturated rings. The summed E-state index contributed by atoms with van der Waals surface area (Å²) < 4.78 is 47.1. The molecule has 10 heteroatoms. The molecule has 0 bridgehead atoms. The number of sulfonamides is 1. The number of anilines is 2. The zero-order valence-corrected chi connectivity index (χ0v) is 11.9. The Morgan fingerprint density at radius 2 is 2.00 bits per heavy atom. The van der Waals surface area contributed by atoms with Crippen molar-refractivity contribution in [2.45, 2.75) is 0 Å². The van der Waals surface area contributed by atoms with Crippen LogP contribution in [0.2, 0.25) is 0 Å². The predicted molar refractivity (Wildman–Crippen MR) is 68.6 cm³/mol. The highest BCUT2D eigenvalue weighted by atomic mass is 79.9. The van der Waals surface area contributed by atoms with Crippen molar-refractivity contribution in [1.29, 1.82) is 0 Å². The molecule has 0 unspecified atom stereocenters. The molecule has 0 atom stereocenters. The second-order valence-corrected chi connectivity index (χ2v) is 8.44. The highest BCUT2D eigenvalue weighted by molar-refractivity contribution is 9.10. The molecule has 0 amide bonds. The summed E-state index contributed by atoms with van der Waals surface area (Å²) in [4.78, 5) is 3.74. The maximum absolute atomic E-state index is 11.5. The van der Waals surface area contributed by atoms with E-state index >= 15 is 0 Å². The van der Waals surface area contributed by atoms with Crippen LogP contribution in [0.15, 0.2) is 16.7 Å². The minimum atomic E-state index is -4.00. The molecule has 0 aromatic carbocycles. The Morgan fingerprint density at radius 3 is 2.47 bits per heavy atom. The first-order valence-electron chi connectivity index (χ1n) is 4.18. The molecular formula is C7H10BrN3O4S2. The van der Waals surface area contributed by atoms with Crippen LogP contribution < -0.4 is 10.5 Å². The Hall–Kier alpha value is -0.870. The number of sulfone groups is 1. The first kappa shape index (κ1) is 14.2. The van der Waals surface area contributed by atoms with E-state index in [2.05, 4.69) is 20.9 Å². The third-order valence-corrected chi connectivity index (χ3v) is 5.55. The lowest BCUT2D eigenvalue weighted by atomic mass is 10.4. The maximum Gasteiger partial charge on any atom is 0.248 e. The number of nitrogen functional groups attached to an aromatic ring is 1. The summed E-state index contributed by atoms with van der Waals surface area (Å²) in [6, 6.07) is 1.45. The zero-order chi connectivity index (χ0) is 13.3. The van der Waals surface area contributed by atoms with Crippen molar-refractivity contribution in [2.75, 3.05) is 21.8 Å². The fourth-order valence-electron chi connectivity index (χ4n) is 0.986. The minimum Gasteiger partial charge on any atom is -0.397 e. The van der Waals surface area contributed by atoms with Gasteiger partial charge < -0.3 is 5.73 Å². The van der Waals surface area contributed by atoms with Crippen LogP contribution in [0.25, 0.3) is 0 Å². The van der Waals surface area contributed by atoms with Gasteiger partial charge in [-0.05, 0) is 22.0 Å². The van der Waals surface area contributed by atoms with Crippen LogP contribution in [0.3, 0.4) is 0 Å². The second kappa shape index (κ2) is 4.78. The van der Waals surface area contributed by atoms with Crippen molar-refractivity contribution in [3.8, 4) is 0 Å². The smallest absolute Gasteiger partial charge is 0.248 e. The first-order valence-corrected chi connectivity index (χ1v) is 8.69. The van der Waals surface area contributed by atoms with Crippen LogP contribution in [-0.4, -0.2) is 33.2 Å². The Labute approximate surface area is 108 Å². The molecule has 0 saturated carbocycles. The van der Waals surface area contributed by atoms with E-state index in [1.165, 1.54) is 12.3 Å². The topological polar surface area (TPSA) is 119 Å². The molecule has 3 N–H and O–H groups in total. The van der Waals surface area contributed by atoms with Crippen LogP contribution in [0.1, 0.15) is 0 Å². The number of pyridine rings is 1. The summed E-state index contributed by atoms with van der Waals surface area (Å²) in [7, 11) is -7.64. The Balaban J connectivity index is 2.99. The molecule has 1 rings (SSSR count). The van der Waals surface area contributed by atoms with E-state index in [1.54, 1.807) is 0 Å². The molecule has 0 saturated heterocycles. The van der Waals surface area contributed by atoms with Crippen LogP contribution in [0.4, 0.5) is 11.5 Å². The lowest BCUT2D eigenvalue weighted by Gasteiger charge is -2.08. The average Bonchev–Trinajstić information content (AvgIpc) is 2.05. The van der Waals surface area contributed by atoms with Crippen molar-refractivity contribution in [3.05, 3.63) is 16.7 Å². The van der Waals surface area contributed by atoms with E-state index in [1.807, 2.05) is 4.72 Å². The molecule has 0 aliphatic heterocycles. The van der Waals surface area contributed by atoms with E-state index in [0.29, 0.717) is 10.2 Å². The molecule has 0 spiro atoms. The zero-order valence-electron chi connectivity index (χ0n) is 8.71. The predicted octanol–water partition coefficient (Wildman–Crippen LogP) is 0.170. The van der Waals surface area contributed by atoms with Gasteiger partial charge in [-0.15, -0.1) is 0 Å². The number of hydrogen-bond donors (Lipinski definition) is 2. The number of halogens is 1. The lowest BCUT2D eigenvalue weighted by Crippen LogP contribution is -2.22. The monoisotopic (exact) mass is 343 g/mol. The summed E-state index contributed by atoms with van der Waals surface area (Å²) in [6.45, 7) is 0. The molecule has 0 aliphatic rings. The lowest BCUT2D eigenvalue weighted by molar-refractivity contribution is 0.594. The van der Waals surface area contributed by atoms with E-state index in [-0.39, 0.29) is 5.82 Å². The molecule has 0 aliphatic carbocycles. The summed E-state index contributed by atoms with van der Waals surface area (Å²) >= 11 is 3.06. The third-order valence-electron chi connectivity index (χ3n) is 1.48. The number of rotatable bonds is 4. The van der Waals surface area contributed by atoms with Gasteiger partial charge >= 0.3 is 0 Å². The van der Waals surface area contributed by atoms with Gasteiger partial charge in [0, 0.05) is 6.26 Å². The van der Waals surface area contributed by atoms with E-state index in [0.717, 1.165) is 6.26 Å². The fourth-order valence-corrected chi connectivity index (χ4v) is 4.53. The summed E-state index contributed by atoms with van der Waals surface area (Å²) in [5.41, 5.74) is 5.78. The van der Waals surface area contributed by atoms with Crippen LogP contribution in [0.5, 0.6) is 0 Å². The first-order chi connectivity index (χ1) is 7.59. The SMILES string of the molecule is CS(=O)(=O)CS(=O)(=O)Nc1ncc(N)cc1Br. The minimum absolute atomic E-state index is 0.0112. The van der Waals surface area contributed by atoms with Gasteiger partial charge in [0.05, 0.1) is 16.4 Å². The summed E-state index contributed by atoms with van der Waals surface area (Å²) in [5, 5.41) is -1.00. The van der Waals surface area contributed by atoms with Gasteiger partial charge in [-0.3, -0.25) is 4.72 Å². The number of hydrogen-bond acceptors (Lipinski definition) is 6. The van der Waals surface area contributed by atoms with Gasteiger partial charge in [-0.1, -0.05) is 0 Å². The fraction of sp³-hybridized carbons (Fsp3) is 0.286. The van der Waals surface area contributed by atoms with Gasteiger partial charge in [0.2, 0.25) is 10.0 Å². The van der Waals surface area contributed by atoms with Gasteiger partial charge in [0.25, 0.3) is 0 Å². The molecule has 17 heavy (non-hydrogen) atoms. The highest BCUT2D eigenvalue weighted by Crippen LogP contribution is 2.22. The average molecular weight is 344 g/mol. The summed E-state index contributed by atoms with van der Waals surface area (Å²) in [6.07, 6.45) is 2.08. The van der Waals surface area contributed by atoms with E-state index in [4.69, 9.17) is 5.73 Å². The van der Waals surface area contributed by atoms with Gasteiger partial charge in [-0.2, -0.15) is 0 Å². The van der Waals surface area contributed by atoms with Crippen LogP contribution >= 0.6 is 15.9 Å². The highest BCUT2D eigenvalue weighted by Gasteiger charge is 2.19. The quantitative estimate of drug-likeness (QED) is 0.804. The van der Waals surface area contributed by atoms with Crippen molar-refractivity contribution in [1.82, 2.24) is 4.98 Å². The Kier molecular flexibility index (Phi) is 3.99. The van der Waals surface area contributed by atoms with Crippen LogP contribution in [-0.2, 0) is 19.9 Å². The van der Waals surface area contributed by atoms with Crippen LogP contribution in [0, 0.1) is 0 Å². The van der Waals surface area contributed by atoms with Crippen molar-refractivity contribution < 1.29 is 16.8 Å². The molecule has 1 aromatic rings. The van der Waals surface area contributed by atoms with E-state index in [9.17, 15) is 16.8 Å². The summed E-state index contributed by atoms with van der Waals surface area (Å²) in [5.74, 6) is -0.0112. The Morgan fingerprint density at radius 1 is 1.41 bits per heavy atom. The second-order valence-electron chi connectivity index (χ2n) is 3.36. The molecule has 7 nitrogen and oxygen atoms in total. The number of aromatic nitrogens is 1. The molecule has 1 aromatic heterocycles. The molecule has 96 valence electrons. The van der Waals surface area contributed by atoms with Gasteiger partial charge in [0.1, 0.15) is 0 Å². The Bertz CT molecular complexity index is 627. The number of nitrogens with two attached hydrogens (primary N) is 1. The van der Waals surface area contributed by atoms with Crippen molar-refractivity contribution >= 4 is 47.3 Å². The van der Waals surface area contributed by atoms with Gasteiger partial charge in [-0.25, -0.2) is 21.8 Å².